The third-order valence-electron chi connectivity index (χ3n) is 5.34. The number of aromatic nitrogens is 3. The Balaban J connectivity index is 1.56. The highest BCUT2D eigenvalue weighted by Gasteiger charge is 2.27. The number of likely N-dealkylation sites (tertiary alicyclic amines) is 1. The first-order valence-electron chi connectivity index (χ1n) is 11.6. The summed E-state index contributed by atoms with van der Waals surface area (Å²) in [6, 6.07) is 3.54. The van der Waals surface area contributed by atoms with Crippen LogP contribution in [0.4, 0.5) is 16.3 Å². The van der Waals surface area contributed by atoms with Crippen molar-refractivity contribution in [2.24, 2.45) is 0 Å². The second-order valence-electron chi connectivity index (χ2n) is 8.60. The molecule has 0 saturated carbocycles. The highest BCUT2D eigenvalue weighted by Crippen LogP contribution is 2.36. The van der Waals surface area contributed by atoms with Crippen LogP contribution < -0.4 is 10.1 Å². The molecule has 36 heavy (non-hydrogen) atoms. The van der Waals surface area contributed by atoms with Crippen LogP contribution in [-0.4, -0.2) is 72.7 Å². The Morgan fingerprint density at radius 3 is 2.61 bits per heavy atom. The Morgan fingerprint density at radius 2 is 1.97 bits per heavy atom. The van der Waals surface area contributed by atoms with Gasteiger partial charge >= 0.3 is 13.9 Å². The number of carbonyl (C=O) groups is 1. The van der Waals surface area contributed by atoms with Crippen molar-refractivity contribution < 1.29 is 38.3 Å². The average molecular weight is 525 g/mol. The lowest BCUT2D eigenvalue weighted by Gasteiger charge is -2.31. The molecule has 4 N–H and O–H groups in total. The lowest BCUT2D eigenvalue weighted by molar-refractivity contribution is 0.0500. The maximum atomic E-state index is 12.1. The number of nitrogens with one attached hydrogen (secondary N) is 1. The number of ether oxygens (including phenoxy) is 2. The Kier molecular flexibility index (Phi) is 9.43. The number of phosphoric ester groups is 1. The Labute approximate surface area is 209 Å². The number of rotatable bonds is 10. The highest BCUT2D eigenvalue weighted by atomic mass is 31.2. The lowest BCUT2D eigenvalue weighted by Crippen LogP contribution is -2.42. The Bertz CT molecular complexity index is 1090. The molecule has 0 unspecified atom stereocenters. The fourth-order valence-electron chi connectivity index (χ4n) is 3.58. The zero-order valence-corrected chi connectivity index (χ0v) is 21.3. The minimum absolute atomic E-state index is 0.0444. The number of anilines is 2. The van der Waals surface area contributed by atoms with Gasteiger partial charge in [-0.3, -0.25) is 9.51 Å². The van der Waals surface area contributed by atoms with Crippen LogP contribution >= 0.6 is 7.82 Å². The van der Waals surface area contributed by atoms with Gasteiger partial charge in [-0.1, -0.05) is 0 Å². The first-order chi connectivity index (χ1) is 17.0. The van der Waals surface area contributed by atoms with Gasteiger partial charge in [-0.15, -0.1) is 0 Å². The largest absolute Gasteiger partial charge is 0.501 e. The van der Waals surface area contributed by atoms with Crippen LogP contribution in [0.5, 0.6) is 11.6 Å². The summed E-state index contributed by atoms with van der Waals surface area (Å²) >= 11 is 0. The van der Waals surface area contributed by atoms with E-state index in [0.29, 0.717) is 50.2 Å². The number of nitrogens with zero attached hydrogens (tertiary/aromatic N) is 4. The van der Waals surface area contributed by atoms with Crippen molar-refractivity contribution >= 4 is 25.4 Å². The van der Waals surface area contributed by atoms with E-state index in [2.05, 4.69) is 24.8 Å². The van der Waals surface area contributed by atoms with Crippen molar-refractivity contribution in [1.82, 2.24) is 19.9 Å². The normalized spacial score (nSPS) is 14.7. The first kappa shape index (κ1) is 27.6. The molecule has 3 heterocycles. The van der Waals surface area contributed by atoms with Crippen LogP contribution in [0.25, 0.3) is 0 Å². The summed E-state index contributed by atoms with van der Waals surface area (Å²) in [6.45, 7) is 6.27. The van der Waals surface area contributed by atoms with Gasteiger partial charge in [-0.05, 0) is 45.7 Å². The number of hydrogen-bond acceptors (Lipinski definition) is 10. The van der Waals surface area contributed by atoms with E-state index in [0.717, 1.165) is 5.69 Å². The van der Waals surface area contributed by atoms with Gasteiger partial charge in [-0.25, -0.2) is 14.3 Å². The van der Waals surface area contributed by atoms with Crippen LogP contribution in [0.3, 0.4) is 0 Å². The van der Waals surface area contributed by atoms with Crippen LogP contribution in [0.2, 0.25) is 0 Å². The van der Waals surface area contributed by atoms with Crippen molar-refractivity contribution in [2.45, 2.75) is 58.7 Å². The predicted octanol–water partition coefficient (Wildman–Crippen LogP) is 3.06. The smallest absolute Gasteiger partial charge is 0.469 e. The molecule has 1 saturated heterocycles. The summed E-state index contributed by atoms with van der Waals surface area (Å²) in [6.07, 6.45) is 2.56. The fourth-order valence-corrected chi connectivity index (χ4v) is 3.95. The van der Waals surface area contributed by atoms with Gasteiger partial charge < -0.3 is 34.6 Å². The van der Waals surface area contributed by atoms with Crippen molar-refractivity contribution in [3.8, 4) is 11.6 Å². The third-order valence-corrected chi connectivity index (χ3v) is 5.86. The van der Waals surface area contributed by atoms with E-state index in [1.165, 1.54) is 6.33 Å². The van der Waals surface area contributed by atoms with Gasteiger partial charge in [0.25, 0.3) is 5.88 Å². The van der Waals surface area contributed by atoms with Crippen molar-refractivity contribution in [3.05, 3.63) is 29.8 Å². The molecule has 0 spiro atoms. The number of hydrogen-bond donors (Lipinski definition) is 4. The zero-order chi connectivity index (χ0) is 26.3. The molecule has 0 aromatic carbocycles. The van der Waals surface area contributed by atoms with Gasteiger partial charge in [0.2, 0.25) is 5.75 Å². The number of pyridine rings is 1. The summed E-state index contributed by atoms with van der Waals surface area (Å²) < 4.78 is 26.3. The molecular formula is C22H32N5O8P. The van der Waals surface area contributed by atoms with Crippen LogP contribution in [0.1, 0.15) is 44.5 Å². The summed E-state index contributed by atoms with van der Waals surface area (Å²) in [4.78, 5) is 43.8. The molecule has 0 bridgehead atoms. The van der Waals surface area contributed by atoms with E-state index >= 15 is 0 Å². The van der Waals surface area contributed by atoms with E-state index in [1.54, 1.807) is 37.8 Å². The first-order valence-corrected chi connectivity index (χ1v) is 13.1. The van der Waals surface area contributed by atoms with Crippen molar-refractivity contribution in [1.29, 1.82) is 0 Å². The standard InChI is InChI=1S/C22H32N5O8P/c1-14(2)34-22(29)27-10-8-17(9-11-27)35-21-19(28)20(23-13-24-21)26-18-7-6-16(25-15(18)3)5-4-12-33-36(30,31)32/h6-7,13-14,17,28H,4-5,8-12H2,1-3H3,(H,23,24,26)(H2,30,31,32). The van der Waals surface area contributed by atoms with Gasteiger partial charge in [0.05, 0.1) is 24.1 Å². The number of aromatic hydroxyl groups is 1. The molecule has 0 radical (unpaired) electrons. The number of aryl methyl sites for hydroxylation is 2. The Hall–Kier alpha value is -2.99. The monoisotopic (exact) mass is 525 g/mol. The molecule has 3 rings (SSSR count). The molecule has 1 aliphatic heterocycles. The molecule has 0 atom stereocenters. The molecule has 1 aliphatic rings. The van der Waals surface area contributed by atoms with Gasteiger partial charge in [0.15, 0.2) is 5.82 Å². The molecular weight excluding hydrogens is 493 g/mol. The highest BCUT2D eigenvalue weighted by molar-refractivity contribution is 7.46. The lowest BCUT2D eigenvalue weighted by atomic mass is 10.1. The van der Waals surface area contributed by atoms with E-state index in [4.69, 9.17) is 19.3 Å². The SMILES string of the molecule is Cc1nc(CCCOP(=O)(O)O)ccc1Nc1ncnc(OC2CCN(C(=O)OC(C)C)CC2)c1O. The van der Waals surface area contributed by atoms with Crippen molar-refractivity contribution in [2.75, 3.05) is 25.0 Å². The van der Waals surface area contributed by atoms with Crippen molar-refractivity contribution in [3.63, 3.8) is 0 Å². The van der Waals surface area contributed by atoms with E-state index < -0.39 is 7.82 Å². The molecule has 1 amide bonds. The molecule has 13 nitrogen and oxygen atoms in total. The van der Waals surface area contributed by atoms with E-state index in [9.17, 15) is 14.5 Å². The van der Waals surface area contributed by atoms with Gasteiger partial charge in [0.1, 0.15) is 12.4 Å². The molecule has 2 aromatic heterocycles. The van der Waals surface area contributed by atoms with Gasteiger partial charge in [0, 0.05) is 31.6 Å². The summed E-state index contributed by atoms with van der Waals surface area (Å²) in [5.74, 6) is -0.0363. The average Bonchev–Trinajstić information content (AvgIpc) is 2.80. The summed E-state index contributed by atoms with van der Waals surface area (Å²) in [7, 11) is -4.47. The number of phosphoric acid groups is 1. The van der Waals surface area contributed by atoms with Crippen LogP contribution in [0.15, 0.2) is 18.5 Å². The second-order valence-corrected chi connectivity index (χ2v) is 9.84. The van der Waals surface area contributed by atoms with E-state index in [1.807, 2.05) is 0 Å². The summed E-state index contributed by atoms with van der Waals surface area (Å²) in [5, 5.41) is 13.7. The molecule has 1 fully saturated rings. The predicted molar refractivity (Wildman–Crippen MR) is 129 cm³/mol. The maximum Gasteiger partial charge on any atom is 0.469 e. The fraction of sp³-hybridized carbons (Fsp3) is 0.545. The van der Waals surface area contributed by atoms with Crippen LogP contribution in [-0.2, 0) is 20.2 Å². The third kappa shape index (κ3) is 8.30. The minimum Gasteiger partial charge on any atom is -0.501 e. The summed E-state index contributed by atoms with van der Waals surface area (Å²) in [5.41, 5.74) is 1.98. The minimum atomic E-state index is -4.47. The van der Waals surface area contributed by atoms with Gasteiger partial charge in [-0.2, -0.15) is 4.98 Å². The molecule has 14 heteroatoms. The topological polar surface area (TPSA) is 176 Å². The molecule has 0 aliphatic carbocycles. The quantitative estimate of drug-likeness (QED) is 0.264. The Morgan fingerprint density at radius 1 is 1.25 bits per heavy atom. The number of piperidine rings is 1. The molecule has 2 aromatic rings. The number of carbonyl (C=O) groups excluding carboxylic acids is 1. The van der Waals surface area contributed by atoms with E-state index in [-0.39, 0.29) is 42.4 Å². The number of amides is 1. The maximum absolute atomic E-state index is 12.1. The zero-order valence-electron chi connectivity index (χ0n) is 20.5. The molecule has 198 valence electrons. The van der Waals surface area contributed by atoms with Crippen LogP contribution in [0, 0.1) is 6.92 Å². The second kappa shape index (κ2) is 12.3.